The van der Waals surface area contributed by atoms with Gasteiger partial charge in [0.15, 0.2) is 5.89 Å². The Labute approximate surface area is 120 Å². The van der Waals surface area contributed by atoms with Crippen LogP contribution in [0.3, 0.4) is 0 Å². The normalized spacial score (nSPS) is 18.6. The first-order valence-electron chi connectivity index (χ1n) is 7.29. The Balaban J connectivity index is 2.14. The van der Waals surface area contributed by atoms with Crippen molar-refractivity contribution in [2.75, 3.05) is 19.6 Å². The van der Waals surface area contributed by atoms with Crippen molar-refractivity contribution < 1.29 is 9.21 Å². The number of nitrogens with zero attached hydrogens (tertiary/aromatic N) is 2. The molecule has 0 radical (unpaired) electrons. The Morgan fingerprint density at radius 2 is 2.20 bits per heavy atom. The number of amides is 1. The molecule has 0 saturated carbocycles. The van der Waals surface area contributed by atoms with Crippen LogP contribution in [-0.4, -0.2) is 41.0 Å². The molecule has 5 nitrogen and oxygen atoms in total. The maximum absolute atomic E-state index is 12.6. The zero-order chi connectivity index (χ0) is 14.9. The van der Waals surface area contributed by atoms with Crippen molar-refractivity contribution in [1.29, 1.82) is 0 Å². The van der Waals surface area contributed by atoms with Gasteiger partial charge in [0.05, 0.1) is 5.69 Å². The van der Waals surface area contributed by atoms with Crippen LogP contribution in [-0.2, 0) is 6.42 Å². The van der Waals surface area contributed by atoms with Gasteiger partial charge in [-0.25, -0.2) is 4.98 Å². The van der Waals surface area contributed by atoms with E-state index in [4.69, 9.17) is 4.42 Å². The smallest absolute Gasteiger partial charge is 0.291 e. The lowest BCUT2D eigenvalue weighted by Crippen LogP contribution is -2.58. The number of rotatable bonds is 3. The fraction of sp³-hybridized carbons (Fsp3) is 0.733. The number of piperazine rings is 1. The van der Waals surface area contributed by atoms with Crippen LogP contribution in [0.15, 0.2) is 4.42 Å². The van der Waals surface area contributed by atoms with Crippen LogP contribution in [0.5, 0.6) is 0 Å². The maximum Gasteiger partial charge on any atom is 0.291 e. The van der Waals surface area contributed by atoms with Crippen LogP contribution >= 0.6 is 0 Å². The van der Waals surface area contributed by atoms with Gasteiger partial charge in [-0.15, -0.1) is 0 Å². The molecule has 1 fully saturated rings. The molecule has 0 aliphatic carbocycles. The summed E-state index contributed by atoms with van der Waals surface area (Å²) in [5.74, 6) is 1.49. The molecule has 1 aliphatic rings. The van der Waals surface area contributed by atoms with E-state index >= 15 is 0 Å². The molecule has 1 saturated heterocycles. The summed E-state index contributed by atoms with van der Waals surface area (Å²) in [7, 11) is 0. The van der Waals surface area contributed by atoms with Crippen molar-refractivity contribution in [2.24, 2.45) is 5.92 Å². The first kappa shape index (κ1) is 15.0. The molecule has 1 N–H and O–H groups in total. The average Bonchev–Trinajstić information content (AvgIpc) is 2.67. The molecular formula is C15H25N3O2. The lowest BCUT2D eigenvalue weighted by Gasteiger charge is -2.38. The summed E-state index contributed by atoms with van der Waals surface area (Å²) < 4.78 is 5.69. The summed E-state index contributed by atoms with van der Waals surface area (Å²) in [5.41, 5.74) is 0.643. The Morgan fingerprint density at radius 3 is 2.80 bits per heavy atom. The predicted octanol–water partition coefficient (Wildman–Crippen LogP) is 2.01. The molecule has 2 rings (SSSR count). The Kier molecular flexibility index (Phi) is 4.18. The van der Waals surface area contributed by atoms with E-state index in [0.717, 1.165) is 13.0 Å². The zero-order valence-corrected chi connectivity index (χ0v) is 13.1. The van der Waals surface area contributed by atoms with Crippen LogP contribution in [0, 0.1) is 12.8 Å². The minimum Gasteiger partial charge on any atom is -0.435 e. The van der Waals surface area contributed by atoms with Crippen LogP contribution in [0.25, 0.3) is 0 Å². The van der Waals surface area contributed by atoms with Gasteiger partial charge in [0.25, 0.3) is 5.91 Å². The summed E-state index contributed by atoms with van der Waals surface area (Å²) in [6.07, 6.45) is 0.765. The second-order valence-electron chi connectivity index (χ2n) is 6.66. The van der Waals surface area contributed by atoms with E-state index in [0.29, 0.717) is 36.4 Å². The van der Waals surface area contributed by atoms with Crippen LogP contribution in [0.1, 0.15) is 49.8 Å². The third-order valence-electron chi connectivity index (χ3n) is 3.48. The van der Waals surface area contributed by atoms with Gasteiger partial charge in [-0.3, -0.25) is 4.79 Å². The molecule has 0 spiro atoms. The number of carbonyl (C=O) groups excluding carboxylic acids is 1. The van der Waals surface area contributed by atoms with Crippen LogP contribution < -0.4 is 5.32 Å². The van der Waals surface area contributed by atoms with Crippen LogP contribution in [0.4, 0.5) is 0 Å². The van der Waals surface area contributed by atoms with Crippen molar-refractivity contribution in [1.82, 2.24) is 15.2 Å². The molecule has 2 heterocycles. The second-order valence-corrected chi connectivity index (χ2v) is 6.66. The lowest BCUT2D eigenvalue weighted by atomic mass is 10.0. The number of oxazole rings is 1. The Morgan fingerprint density at radius 1 is 1.50 bits per heavy atom. The fourth-order valence-electron chi connectivity index (χ4n) is 2.55. The number of hydrogen-bond donors (Lipinski definition) is 1. The van der Waals surface area contributed by atoms with Gasteiger partial charge in [-0.2, -0.15) is 0 Å². The van der Waals surface area contributed by atoms with Gasteiger partial charge >= 0.3 is 0 Å². The van der Waals surface area contributed by atoms with Crippen molar-refractivity contribution >= 4 is 5.91 Å². The fourth-order valence-corrected chi connectivity index (χ4v) is 2.55. The van der Waals surface area contributed by atoms with Crippen LogP contribution in [0.2, 0.25) is 0 Å². The van der Waals surface area contributed by atoms with Gasteiger partial charge in [0.1, 0.15) is 0 Å². The molecule has 0 unspecified atom stereocenters. The number of nitrogens with one attached hydrogen (secondary N) is 1. The standard InChI is InChI=1S/C15H25N3O2/c1-10(2)8-12-17-11(3)13(20-12)14(19)18-7-6-16-15(4,5)9-18/h10,16H,6-9H2,1-5H3. The number of aryl methyl sites for hydroxylation is 1. The van der Waals surface area contributed by atoms with Gasteiger partial charge in [-0.05, 0) is 26.7 Å². The largest absolute Gasteiger partial charge is 0.435 e. The average molecular weight is 279 g/mol. The van der Waals surface area contributed by atoms with E-state index in [9.17, 15) is 4.79 Å². The summed E-state index contributed by atoms with van der Waals surface area (Å²) in [4.78, 5) is 18.8. The van der Waals surface area contributed by atoms with E-state index in [1.54, 1.807) is 0 Å². The SMILES string of the molecule is Cc1nc(CC(C)C)oc1C(=O)N1CCNC(C)(C)C1. The molecule has 112 valence electrons. The highest BCUT2D eigenvalue weighted by Crippen LogP contribution is 2.18. The molecule has 20 heavy (non-hydrogen) atoms. The number of carbonyl (C=O) groups is 1. The first-order valence-corrected chi connectivity index (χ1v) is 7.29. The third-order valence-corrected chi connectivity index (χ3v) is 3.48. The quantitative estimate of drug-likeness (QED) is 0.919. The maximum atomic E-state index is 12.6. The van der Waals surface area contributed by atoms with Crippen molar-refractivity contribution in [2.45, 2.75) is 46.6 Å². The molecule has 1 aromatic rings. The molecular weight excluding hydrogens is 254 g/mol. The number of aromatic nitrogens is 1. The van der Waals surface area contributed by atoms with Crippen molar-refractivity contribution in [3.8, 4) is 0 Å². The minimum atomic E-state index is -0.0530. The second kappa shape index (κ2) is 5.56. The molecule has 1 aliphatic heterocycles. The summed E-state index contributed by atoms with van der Waals surface area (Å²) in [5, 5.41) is 3.40. The van der Waals surface area contributed by atoms with Crippen molar-refractivity contribution in [3.63, 3.8) is 0 Å². The van der Waals surface area contributed by atoms with E-state index in [1.165, 1.54) is 0 Å². The third kappa shape index (κ3) is 3.39. The highest BCUT2D eigenvalue weighted by Gasteiger charge is 2.31. The van der Waals surface area contributed by atoms with E-state index in [1.807, 2.05) is 11.8 Å². The summed E-state index contributed by atoms with van der Waals surface area (Å²) in [6.45, 7) is 12.5. The van der Waals surface area contributed by atoms with E-state index in [-0.39, 0.29) is 11.4 Å². The summed E-state index contributed by atoms with van der Waals surface area (Å²) >= 11 is 0. The van der Waals surface area contributed by atoms with Gasteiger partial charge in [0, 0.05) is 31.6 Å². The lowest BCUT2D eigenvalue weighted by molar-refractivity contribution is 0.0617. The minimum absolute atomic E-state index is 0.0421. The predicted molar refractivity (Wildman–Crippen MR) is 77.8 cm³/mol. The summed E-state index contributed by atoms with van der Waals surface area (Å²) in [6, 6.07) is 0. The monoisotopic (exact) mass is 279 g/mol. The molecule has 1 amide bonds. The topological polar surface area (TPSA) is 58.4 Å². The van der Waals surface area contributed by atoms with Gasteiger partial charge in [-0.1, -0.05) is 13.8 Å². The Bertz CT molecular complexity index is 491. The highest BCUT2D eigenvalue weighted by atomic mass is 16.4. The van der Waals surface area contributed by atoms with Crippen molar-refractivity contribution in [3.05, 3.63) is 17.3 Å². The first-order chi connectivity index (χ1) is 9.28. The molecule has 0 bridgehead atoms. The zero-order valence-electron chi connectivity index (χ0n) is 13.1. The number of hydrogen-bond acceptors (Lipinski definition) is 4. The molecule has 5 heteroatoms. The Hall–Kier alpha value is -1.36. The highest BCUT2D eigenvalue weighted by molar-refractivity contribution is 5.92. The van der Waals surface area contributed by atoms with Gasteiger partial charge < -0.3 is 14.6 Å². The molecule has 1 aromatic heterocycles. The molecule has 0 atom stereocenters. The molecule has 0 aromatic carbocycles. The van der Waals surface area contributed by atoms with Gasteiger partial charge in [0.2, 0.25) is 5.76 Å². The van der Waals surface area contributed by atoms with E-state index in [2.05, 4.69) is 38.0 Å². The van der Waals surface area contributed by atoms with E-state index < -0.39 is 0 Å².